The number of halogens is 1. The number of hydrogen-bond acceptors (Lipinski definition) is 4. The Labute approximate surface area is 106 Å². The van der Waals surface area contributed by atoms with Crippen LogP contribution in [0.4, 0.5) is 11.4 Å². The minimum Gasteiger partial charge on any atom is -0.399 e. The molecule has 1 aliphatic heterocycles. The van der Waals surface area contributed by atoms with Crippen molar-refractivity contribution < 1.29 is 8.42 Å². The van der Waals surface area contributed by atoms with Crippen LogP contribution in [0, 0.1) is 0 Å². The van der Waals surface area contributed by atoms with Crippen LogP contribution in [0.3, 0.4) is 0 Å². The topological polar surface area (TPSA) is 72.2 Å². The molecule has 0 radical (unpaired) electrons. The van der Waals surface area contributed by atoms with E-state index in [0.717, 1.165) is 18.5 Å². The molecule has 0 bridgehead atoms. The average Bonchev–Trinajstić information content (AvgIpc) is 2.57. The Morgan fingerprint density at radius 2 is 2.24 bits per heavy atom. The molecule has 2 rings (SSSR count). The first-order valence-corrected chi connectivity index (χ1v) is 7.59. The van der Waals surface area contributed by atoms with Crippen molar-refractivity contribution in [3.8, 4) is 0 Å². The van der Waals surface area contributed by atoms with Gasteiger partial charge in [-0.3, -0.25) is 0 Å². The average molecular weight is 275 g/mol. The maximum atomic E-state index is 11.6. The first kappa shape index (κ1) is 12.5. The molecule has 1 saturated heterocycles. The molecular weight excluding hydrogens is 260 g/mol. The molecule has 94 valence electrons. The molecule has 0 spiro atoms. The highest BCUT2D eigenvalue weighted by Crippen LogP contribution is 2.26. The van der Waals surface area contributed by atoms with Gasteiger partial charge in [-0.2, -0.15) is 0 Å². The molecule has 0 aliphatic carbocycles. The quantitative estimate of drug-likeness (QED) is 0.826. The van der Waals surface area contributed by atoms with Crippen molar-refractivity contribution in [2.75, 3.05) is 23.3 Å². The summed E-state index contributed by atoms with van der Waals surface area (Å²) in [5.41, 5.74) is 6.90. The van der Waals surface area contributed by atoms with Gasteiger partial charge in [0.05, 0.1) is 21.7 Å². The summed E-state index contributed by atoms with van der Waals surface area (Å²) in [6.07, 6.45) is 1.48. The van der Waals surface area contributed by atoms with Gasteiger partial charge in [0.2, 0.25) is 0 Å². The van der Waals surface area contributed by atoms with E-state index < -0.39 is 9.84 Å². The predicted octanol–water partition coefficient (Wildman–Crippen LogP) is 1.91. The molecule has 3 N–H and O–H groups in total. The number of nitrogen functional groups attached to an aromatic ring is 1. The minimum atomic E-state index is -2.91. The summed E-state index contributed by atoms with van der Waals surface area (Å²) in [7, 11) is -2.91. The zero-order chi connectivity index (χ0) is 12.5. The summed E-state index contributed by atoms with van der Waals surface area (Å²) in [5, 5.41) is 3.29. The Morgan fingerprint density at radius 3 is 2.82 bits per heavy atom. The minimum absolute atomic E-state index is 0.295. The van der Waals surface area contributed by atoms with Crippen molar-refractivity contribution in [2.24, 2.45) is 0 Å². The van der Waals surface area contributed by atoms with Gasteiger partial charge in [-0.15, -0.1) is 0 Å². The van der Waals surface area contributed by atoms with Gasteiger partial charge in [-0.25, -0.2) is 8.42 Å². The third-order valence-corrected chi connectivity index (χ3v) is 5.56. The van der Waals surface area contributed by atoms with Crippen molar-refractivity contribution in [3.63, 3.8) is 0 Å². The van der Waals surface area contributed by atoms with Gasteiger partial charge in [-0.05, 0) is 31.0 Å². The molecule has 1 unspecified atom stereocenters. The lowest BCUT2D eigenvalue weighted by Gasteiger charge is -2.13. The number of sulfone groups is 1. The predicted molar refractivity (Wildman–Crippen MR) is 71.2 cm³/mol. The van der Waals surface area contributed by atoms with E-state index >= 15 is 0 Å². The summed E-state index contributed by atoms with van der Waals surface area (Å²) < 4.78 is 23.3. The standard InChI is InChI=1S/C11H15ClN2O2S/c12-10-6-8(13)3-4-11(10)14-7-9-2-1-5-17(9,15)16/h3-4,6,9,14H,1-2,5,7,13H2. The van der Waals surface area contributed by atoms with Crippen molar-refractivity contribution >= 4 is 32.8 Å². The molecule has 1 heterocycles. The molecule has 1 aromatic carbocycles. The normalized spacial score (nSPS) is 22.5. The summed E-state index contributed by atoms with van der Waals surface area (Å²) in [6.45, 7) is 0.409. The maximum absolute atomic E-state index is 11.6. The number of hydrogen-bond donors (Lipinski definition) is 2. The zero-order valence-corrected chi connectivity index (χ0v) is 10.9. The first-order chi connectivity index (χ1) is 7.99. The highest BCUT2D eigenvalue weighted by molar-refractivity contribution is 7.92. The van der Waals surface area contributed by atoms with Crippen LogP contribution in [-0.2, 0) is 9.84 Å². The third kappa shape index (κ3) is 2.84. The summed E-state index contributed by atoms with van der Waals surface area (Å²) >= 11 is 5.99. The van der Waals surface area contributed by atoms with Gasteiger partial charge in [0.1, 0.15) is 0 Å². The van der Waals surface area contributed by atoms with Crippen LogP contribution < -0.4 is 11.1 Å². The van der Waals surface area contributed by atoms with E-state index in [0.29, 0.717) is 23.0 Å². The lowest BCUT2D eigenvalue weighted by Crippen LogP contribution is -2.25. The fourth-order valence-electron chi connectivity index (χ4n) is 1.99. The molecule has 17 heavy (non-hydrogen) atoms. The van der Waals surface area contributed by atoms with Crippen LogP contribution in [0.15, 0.2) is 18.2 Å². The largest absolute Gasteiger partial charge is 0.399 e. The van der Waals surface area contributed by atoms with Gasteiger partial charge >= 0.3 is 0 Å². The molecule has 1 fully saturated rings. The van der Waals surface area contributed by atoms with Gasteiger partial charge in [0.25, 0.3) is 0 Å². The van der Waals surface area contributed by atoms with Gasteiger partial charge < -0.3 is 11.1 Å². The van der Waals surface area contributed by atoms with Crippen LogP contribution in [0.2, 0.25) is 5.02 Å². The number of benzene rings is 1. The van der Waals surface area contributed by atoms with Gasteiger partial charge in [0.15, 0.2) is 9.84 Å². The zero-order valence-electron chi connectivity index (χ0n) is 9.32. The molecule has 1 atom stereocenters. The van der Waals surface area contributed by atoms with Crippen LogP contribution >= 0.6 is 11.6 Å². The summed E-state index contributed by atoms with van der Waals surface area (Å²) in [5.74, 6) is 0.300. The van der Waals surface area contributed by atoms with Crippen LogP contribution in [0.25, 0.3) is 0 Å². The molecule has 4 nitrogen and oxygen atoms in total. The molecule has 1 aliphatic rings. The highest BCUT2D eigenvalue weighted by atomic mass is 35.5. The molecule has 0 saturated carbocycles. The van der Waals surface area contributed by atoms with Crippen LogP contribution in [-0.4, -0.2) is 26.0 Å². The first-order valence-electron chi connectivity index (χ1n) is 5.49. The van der Waals surface area contributed by atoms with Crippen LogP contribution in [0.5, 0.6) is 0 Å². The lowest BCUT2D eigenvalue weighted by molar-refractivity contribution is 0.591. The Bertz CT molecular complexity index is 516. The number of nitrogens with one attached hydrogen (secondary N) is 1. The SMILES string of the molecule is Nc1ccc(NCC2CCCS2(=O)=O)c(Cl)c1. The fraction of sp³-hybridized carbons (Fsp3) is 0.455. The van der Waals surface area contributed by atoms with Crippen molar-refractivity contribution in [2.45, 2.75) is 18.1 Å². The lowest BCUT2D eigenvalue weighted by atomic mass is 10.2. The van der Waals surface area contributed by atoms with E-state index in [9.17, 15) is 8.42 Å². The fourth-order valence-corrected chi connectivity index (χ4v) is 4.01. The van der Waals surface area contributed by atoms with Crippen molar-refractivity contribution in [3.05, 3.63) is 23.2 Å². The van der Waals surface area contributed by atoms with E-state index in [2.05, 4.69) is 5.32 Å². The smallest absolute Gasteiger partial charge is 0.154 e. The molecule has 0 amide bonds. The molecule has 6 heteroatoms. The van der Waals surface area contributed by atoms with Crippen LogP contribution in [0.1, 0.15) is 12.8 Å². The number of nitrogens with two attached hydrogens (primary N) is 1. The molecule has 0 aromatic heterocycles. The van der Waals surface area contributed by atoms with E-state index in [1.165, 1.54) is 0 Å². The van der Waals surface area contributed by atoms with E-state index in [1.54, 1.807) is 18.2 Å². The second kappa shape index (κ2) is 4.74. The van der Waals surface area contributed by atoms with E-state index in [1.807, 2.05) is 0 Å². The Balaban J connectivity index is 2.03. The second-order valence-corrected chi connectivity index (χ2v) is 7.06. The summed E-state index contributed by atoms with van der Waals surface area (Å²) in [4.78, 5) is 0. The van der Waals surface area contributed by atoms with Crippen molar-refractivity contribution in [1.82, 2.24) is 0 Å². The van der Waals surface area contributed by atoms with Gasteiger partial charge in [-0.1, -0.05) is 11.6 Å². The monoisotopic (exact) mass is 274 g/mol. The maximum Gasteiger partial charge on any atom is 0.154 e. The Morgan fingerprint density at radius 1 is 1.47 bits per heavy atom. The van der Waals surface area contributed by atoms with E-state index in [4.69, 9.17) is 17.3 Å². The van der Waals surface area contributed by atoms with Gasteiger partial charge in [0, 0.05) is 12.2 Å². The second-order valence-electron chi connectivity index (χ2n) is 4.25. The van der Waals surface area contributed by atoms with Crippen molar-refractivity contribution in [1.29, 1.82) is 0 Å². The third-order valence-electron chi connectivity index (χ3n) is 2.98. The number of anilines is 2. The van der Waals surface area contributed by atoms with E-state index in [-0.39, 0.29) is 5.25 Å². The summed E-state index contributed by atoms with van der Waals surface area (Å²) in [6, 6.07) is 5.14. The highest BCUT2D eigenvalue weighted by Gasteiger charge is 2.30. The Hall–Kier alpha value is -0.940. The number of rotatable bonds is 3. The molecule has 1 aromatic rings. The molecular formula is C11H15ClN2O2S. The Kier molecular flexibility index (Phi) is 3.49.